The van der Waals surface area contributed by atoms with Crippen LogP contribution in [0.4, 0.5) is 0 Å². The second kappa shape index (κ2) is 5.47. The summed E-state index contributed by atoms with van der Waals surface area (Å²) in [5.74, 6) is -0.0674. The van der Waals surface area contributed by atoms with E-state index in [0.717, 1.165) is 0 Å². The SMILES string of the molecule is COCCN(C(C)C(=O)O)C(C)C1CC1. The van der Waals surface area contributed by atoms with Crippen molar-refractivity contribution in [1.29, 1.82) is 0 Å². The first-order valence-corrected chi connectivity index (χ1v) is 5.55. The standard InChI is InChI=1S/C11H21NO3/c1-8(10-4-5-10)12(6-7-15-3)9(2)11(13)14/h8-10H,4-7H2,1-3H3,(H,13,14). The van der Waals surface area contributed by atoms with E-state index in [1.165, 1.54) is 12.8 Å². The lowest BCUT2D eigenvalue weighted by molar-refractivity contribution is -0.143. The Hall–Kier alpha value is -0.610. The van der Waals surface area contributed by atoms with Crippen LogP contribution >= 0.6 is 0 Å². The van der Waals surface area contributed by atoms with E-state index < -0.39 is 12.0 Å². The van der Waals surface area contributed by atoms with Gasteiger partial charge in [0.25, 0.3) is 0 Å². The van der Waals surface area contributed by atoms with E-state index in [1.807, 2.05) is 4.90 Å². The molecule has 4 nitrogen and oxygen atoms in total. The van der Waals surface area contributed by atoms with Crippen molar-refractivity contribution >= 4 is 5.97 Å². The molecule has 1 rings (SSSR count). The number of ether oxygens (including phenoxy) is 1. The van der Waals surface area contributed by atoms with Crippen LogP contribution in [0.2, 0.25) is 0 Å². The highest BCUT2D eigenvalue weighted by Gasteiger charge is 2.35. The third-order valence-electron chi connectivity index (χ3n) is 3.24. The van der Waals surface area contributed by atoms with Crippen molar-refractivity contribution in [3.05, 3.63) is 0 Å². The lowest BCUT2D eigenvalue weighted by Crippen LogP contribution is -2.47. The van der Waals surface area contributed by atoms with Gasteiger partial charge >= 0.3 is 5.97 Å². The summed E-state index contributed by atoms with van der Waals surface area (Å²) in [6, 6.07) is -0.0676. The molecule has 0 bridgehead atoms. The number of hydrogen-bond donors (Lipinski definition) is 1. The van der Waals surface area contributed by atoms with Gasteiger partial charge in [-0.2, -0.15) is 0 Å². The maximum Gasteiger partial charge on any atom is 0.320 e. The van der Waals surface area contributed by atoms with Crippen LogP contribution in [0.5, 0.6) is 0 Å². The molecule has 15 heavy (non-hydrogen) atoms. The second-order valence-electron chi connectivity index (χ2n) is 4.32. The molecule has 2 atom stereocenters. The Morgan fingerprint density at radius 2 is 2.13 bits per heavy atom. The monoisotopic (exact) mass is 215 g/mol. The maximum absolute atomic E-state index is 11.0. The minimum atomic E-state index is -0.751. The summed E-state index contributed by atoms with van der Waals surface area (Å²) < 4.78 is 5.02. The fourth-order valence-corrected chi connectivity index (χ4v) is 1.94. The van der Waals surface area contributed by atoms with Crippen molar-refractivity contribution in [2.75, 3.05) is 20.3 Å². The van der Waals surface area contributed by atoms with Gasteiger partial charge in [0.15, 0.2) is 0 Å². The molecule has 0 aromatic rings. The number of rotatable bonds is 7. The van der Waals surface area contributed by atoms with E-state index in [9.17, 15) is 4.79 Å². The third-order valence-corrected chi connectivity index (χ3v) is 3.24. The van der Waals surface area contributed by atoms with Gasteiger partial charge in [0.05, 0.1) is 6.61 Å². The number of hydrogen-bond acceptors (Lipinski definition) is 3. The molecule has 4 heteroatoms. The van der Waals surface area contributed by atoms with Gasteiger partial charge in [-0.25, -0.2) is 0 Å². The molecule has 0 aliphatic heterocycles. The summed E-state index contributed by atoms with van der Waals surface area (Å²) in [6.07, 6.45) is 2.47. The second-order valence-corrected chi connectivity index (χ2v) is 4.32. The van der Waals surface area contributed by atoms with Crippen LogP contribution in [0, 0.1) is 5.92 Å². The van der Waals surface area contributed by atoms with E-state index in [0.29, 0.717) is 25.1 Å². The predicted octanol–water partition coefficient (Wildman–Crippen LogP) is 1.21. The highest BCUT2D eigenvalue weighted by molar-refractivity contribution is 5.72. The number of nitrogens with zero attached hydrogens (tertiary/aromatic N) is 1. The molecular weight excluding hydrogens is 194 g/mol. The largest absolute Gasteiger partial charge is 0.480 e. The molecule has 1 N–H and O–H groups in total. The van der Waals surface area contributed by atoms with Crippen molar-refractivity contribution in [3.8, 4) is 0 Å². The Bertz CT molecular complexity index is 216. The van der Waals surface area contributed by atoms with Gasteiger partial charge in [0.2, 0.25) is 0 Å². The topological polar surface area (TPSA) is 49.8 Å². The molecule has 0 amide bonds. The summed E-state index contributed by atoms with van der Waals surface area (Å²) in [4.78, 5) is 13.0. The van der Waals surface area contributed by atoms with Crippen LogP contribution in [0.1, 0.15) is 26.7 Å². The third kappa shape index (κ3) is 3.47. The first-order chi connectivity index (χ1) is 7.07. The van der Waals surface area contributed by atoms with Crippen molar-refractivity contribution < 1.29 is 14.6 Å². The fourth-order valence-electron chi connectivity index (χ4n) is 1.94. The average Bonchev–Trinajstić information content (AvgIpc) is 3.00. The summed E-state index contributed by atoms with van der Waals surface area (Å²) in [5.41, 5.74) is 0. The fraction of sp³-hybridized carbons (Fsp3) is 0.909. The minimum absolute atomic E-state index is 0.353. The smallest absolute Gasteiger partial charge is 0.320 e. The van der Waals surface area contributed by atoms with E-state index in [-0.39, 0.29) is 0 Å². The van der Waals surface area contributed by atoms with Gasteiger partial charge in [-0.15, -0.1) is 0 Å². The molecule has 1 aliphatic rings. The zero-order chi connectivity index (χ0) is 11.4. The lowest BCUT2D eigenvalue weighted by Gasteiger charge is -2.32. The molecule has 1 fully saturated rings. The molecule has 0 radical (unpaired) electrons. The van der Waals surface area contributed by atoms with Crippen LogP contribution in [-0.2, 0) is 9.53 Å². The normalized spacial score (nSPS) is 20.3. The van der Waals surface area contributed by atoms with Crippen molar-refractivity contribution in [3.63, 3.8) is 0 Å². The first kappa shape index (κ1) is 12.5. The number of carbonyl (C=O) groups is 1. The summed E-state index contributed by atoms with van der Waals surface area (Å²) in [7, 11) is 1.64. The van der Waals surface area contributed by atoms with Crippen LogP contribution in [0.15, 0.2) is 0 Å². The summed E-state index contributed by atoms with van der Waals surface area (Å²) in [6.45, 7) is 5.15. The van der Waals surface area contributed by atoms with E-state index in [4.69, 9.17) is 9.84 Å². The first-order valence-electron chi connectivity index (χ1n) is 5.55. The molecule has 2 unspecified atom stereocenters. The van der Waals surface area contributed by atoms with E-state index >= 15 is 0 Å². The van der Waals surface area contributed by atoms with Gasteiger partial charge in [-0.1, -0.05) is 0 Å². The summed E-state index contributed by atoms with van der Waals surface area (Å²) >= 11 is 0. The Kier molecular flexibility index (Phi) is 4.54. The Labute approximate surface area is 91.2 Å². The van der Waals surface area contributed by atoms with Gasteiger partial charge < -0.3 is 9.84 Å². The van der Waals surface area contributed by atoms with Crippen molar-refractivity contribution in [1.82, 2.24) is 4.90 Å². The van der Waals surface area contributed by atoms with E-state index in [1.54, 1.807) is 14.0 Å². The van der Waals surface area contributed by atoms with Crippen molar-refractivity contribution in [2.24, 2.45) is 5.92 Å². The zero-order valence-corrected chi connectivity index (χ0v) is 9.77. The molecule has 0 aromatic heterocycles. The zero-order valence-electron chi connectivity index (χ0n) is 9.77. The number of carboxylic acid groups (broad SMARTS) is 1. The summed E-state index contributed by atoms with van der Waals surface area (Å²) in [5, 5.41) is 9.02. The molecule has 0 spiro atoms. The molecule has 88 valence electrons. The highest BCUT2D eigenvalue weighted by atomic mass is 16.5. The van der Waals surface area contributed by atoms with Crippen LogP contribution in [0.25, 0.3) is 0 Å². The minimum Gasteiger partial charge on any atom is -0.480 e. The Balaban J connectivity index is 2.54. The van der Waals surface area contributed by atoms with Crippen molar-refractivity contribution in [2.45, 2.75) is 38.8 Å². The number of carboxylic acids is 1. The van der Waals surface area contributed by atoms with Gasteiger partial charge in [-0.3, -0.25) is 9.69 Å². The molecular formula is C11H21NO3. The van der Waals surface area contributed by atoms with Crippen LogP contribution in [-0.4, -0.2) is 48.3 Å². The Morgan fingerprint density at radius 3 is 2.53 bits per heavy atom. The van der Waals surface area contributed by atoms with Gasteiger partial charge in [0.1, 0.15) is 6.04 Å². The van der Waals surface area contributed by atoms with Crippen LogP contribution in [0.3, 0.4) is 0 Å². The van der Waals surface area contributed by atoms with Gasteiger partial charge in [0, 0.05) is 19.7 Å². The Morgan fingerprint density at radius 1 is 1.53 bits per heavy atom. The predicted molar refractivity (Wildman–Crippen MR) is 57.9 cm³/mol. The highest BCUT2D eigenvalue weighted by Crippen LogP contribution is 2.35. The molecule has 1 saturated carbocycles. The molecule has 1 aliphatic carbocycles. The molecule has 0 heterocycles. The van der Waals surface area contributed by atoms with Gasteiger partial charge in [-0.05, 0) is 32.6 Å². The molecule has 0 aromatic carbocycles. The average molecular weight is 215 g/mol. The quantitative estimate of drug-likeness (QED) is 0.693. The number of aliphatic carboxylic acids is 1. The molecule has 0 saturated heterocycles. The van der Waals surface area contributed by atoms with Crippen LogP contribution < -0.4 is 0 Å². The van der Waals surface area contributed by atoms with E-state index in [2.05, 4.69) is 6.92 Å². The lowest BCUT2D eigenvalue weighted by atomic mass is 10.1. The maximum atomic E-state index is 11.0. The number of methoxy groups -OCH3 is 1.